The van der Waals surface area contributed by atoms with E-state index in [2.05, 4.69) is 22.2 Å². The number of aromatic nitrogens is 1. The van der Waals surface area contributed by atoms with Gasteiger partial charge in [0, 0.05) is 42.3 Å². The number of piperazine rings is 1. The number of hydrogen-bond acceptors (Lipinski definition) is 6. The summed E-state index contributed by atoms with van der Waals surface area (Å²) >= 11 is 3.32. The molecule has 0 bridgehead atoms. The van der Waals surface area contributed by atoms with Gasteiger partial charge in [-0.05, 0) is 49.7 Å². The van der Waals surface area contributed by atoms with Crippen molar-refractivity contribution in [2.75, 3.05) is 49.7 Å². The van der Waals surface area contributed by atoms with Crippen molar-refractivity contribution in [3.63, 3.8) is 0 Å². The van der Waals surface area contributed by atoms with E-state index < -0.39 is 0 Å². The Hall–Kier alpha value is -2.09. The summed E-state index contributed by atoms with van der Waals surface area (Å²) in [6.07, 6.45) is 2.01. The van der Waals surface area contributed by atoms with Gasteiger partial charge in [-0.3, -0.25) is 4.79 Å². The van der Waals surface area contributed by atoms with E-state index in [9.17, 15) is 4.79 Å². The number of rotatable bonds is 4. The first-order valence-corrected chi connectivity index (χ1v) is 11.0. The van der Waals surface area contributed by atoms with Gasteiger partial charge in [0.05, 0.1) is 10.2 Å². The van der Waals surface area contributed by atoms with Gasteiger partial charge >= 0.3 is 0 Å². The number of thioether (sulfide) groups is 1. The molecule has 1 aromatic heterocycles. The van der Waals surface area contributed by atoms with Crippen LogP contribution < -0.4 is 10.2 Å². The van der Waals surface area contributed by atoms with E-state index in [1.165, 1.54) is 0 Å². The Bertz CT molecular complexity index is 964. The smallest absolute Gasteiger partial charge is 0.255 e. The topological polar surface area (TPSA) is 48.5 Å². The molecule has 1 amide bonds. The fraction of sp³-hybridized carbons (Fsp3) is 0.300. The molecule has 2 heterocycles. The summed E-state index contributed by atoms with van der Waals surface area (Å²) in [5.41, 5.74) is 2.45. The largest absolute Gasteiger partial charge is 0.345 e. The molecule has 1 aliphatic rings. The number of fused-ring (bicyclic) bond motifs is 1. The number of amides is 1. The lowest BCUT2D eigenvalue weighted by Gasteiger charge is -2.31. The highest BCUT2D eigenvalue weighted by Crippen LogP contribution is 2.31. The third-order valence-corrected chi connectivity index (χ3v) is 6.55. The Balaban J connectivity index is 1.52. The van der Waals surface area contributed by atoms with E-state index >= 15 is 0 Å². The second-order valence-electron chi connectivity index (χ2n) is 6.66. The molecule has 7 heteroatoms. The van der Waals surface area contributed by atoms with Gasteiger partial charge in [0.25, 0.3) is 5.91 Å². The highest BCUT2D eigenvalue weighted by atomic mass is 32.2. The van der Waals surface area contributed by atoms with Crippen LogP contribution in [0.25, 0.3) is 10.2 Å². The van der Waals surface area contributed by atoms with Crippen molar-refractivity contribution in [1.82, 2.24) is 9.88 Å². The quantitative estimate of drug-likeness (QED) is 0.673. The van der Waals surface area contributed by atoms with Crippen LogP contribution in [-0.2, 0) is 0 Å². The third-order valence-electron chi connectivity index (χ3n) is 4.74. The molecule has 1 aliphatic heterocycles. The van der Waals surface area contributed by atoms with Crippen molar-refractivity contribution in [2.24, 2.45) is 0 Å². The number of carbonyl (C=O) groups is 1. The molecule has 140 valence electrons. The van der Waals surface area contributed by atoms with Crippen LogP contribution in [0.2, 0.25) is 0 Å². The zero-order chi connectivity index (χ0) is 18.8. The van der Waals surface area contributed by atoms with Crippen LogP contribution in [0.15, 0.2) is 47.4 Å². The standard InChI is InChI=1S/C20H22N4OS2/c1-23-8-10-24(11-9-23)20-22-17-7-6-15(13-18(17)27-20)21-19(25)14-4-3-5-16(12-14)26-2/h3-7,12-13H,8-11H2,1-2H3,(H,21,25). The molecule has 1 N–H and O–H groups in total. The molecule has 0 unspecified atom stereocenters. The maximum absolute atomic E-state index is 12.6. The van der Waals surface area contributed by atoms with Gasteiger partial charge in [-0.2, -0.15) is 0 Å². The molecule has 0 spiro atoms. The summed E-state index contributed by atoms with van der Waals surface area (Å²) in [7, 11) is 2.15. The van der Waals surface area contributed by atoms with Gasteiger partial charge in [0.2, 0.25) is 0 Å². The Morgan fingerprint density at radius 2 is 1.96 bits per heavy atom. The molecular formula is C20H22N4OS2. The van der Waals surface area contributed by atoms with E-state index in [1.807, 2.05) is 48.7 Å². The van der Waals surface area contributed by atoms with Crippen LogP contribution >= 0.6 is 23.1 Å². The predicted molar refractivity (Wildman–Crippen MR) is 116 cm³/mol. The number of carbonyl (C=O) groups excluding carboxylic acids is 1. The minimum Gasteiger partial charge on any atom is -0.345 e. The average molecular weight is 399 g/mol. The van der Waals surface area contributed by atoms with Crippen molar-refractivity contribution in [3.05, 3.63) is 48.0 Å². The zero-order valence-corrected chi connectivity index (χ0v) is 17.1. The molecule has 0 radical (unpaired) electrons. The van der Waals surface area contributed by atoms with Gasteiger partial charge in [0.15, 0.2) is 5.13 Å². The lowest BCUT2D eigenvalue weighted by Crippen LogP contribution is -2.44. The predicted octanol–water partition coefficient (Wildman–Crippen LogP) is 4.02. The van der Waals surface area contributed by atoms with Gasteiger partial charge in [-0.15, -0.1) is 11.8 Å². The first-order valence-electron chi connectivity index (χ1n) is 8.92. The Kier molecular flexibility index (Phi) is 5.33. The van der Waals surface area contributed by atoms with Crippen LogP contribution in [0.1, 0.15) is 10.4 Å². The number of benzene rings is 2. The molecule has 4 rings (SSSR count). The van der Waals surface area contributed by atoms with E-state index in [4.69, 9.17) is 4.98 Å². The molecule has 0 aliphatic carbocycles. The van der Waals surface area contributed by atoms with E-state index in [0.29, 0.717) is 5.56 Å². The molecule has 0 atom stereocenters. The molecule has 1 fully saturated rings. The lowest BCUT2D eigenvalue weighted by atomic mass is 10.2. The van der Waals surface area contributed by atoms with Crippen molar-refractivity contribution in [1.29, 1.82) is 0 Å². The summed E-state index contributed by atoms with van der Waals surface area (Å²) in [6.45, 7) is 4.13. The third kappa shape index (κ3) is 4.10. The summed E-state index contributed by atoms with van der Waals surface area (Å²) in [4.78, 5) is 23.1. The number of likely N-dealkylation sites (N-methyl/N-ethyl adjacent to an activating group) is 1. The summed E-state index contributed by atoms with van der Waals surface area (Å²) in [5.74, 6) is -0.0888. The van der Waals surface area contributed by atoms with Crippen molar-refractivity contribution in [2.45, 2.75) is 4.90 Å². The van der Waals surface area contributed by atoms with E-state index in [-0.39, 0.29) is 5.91 Å². The molecule has 3 aromatic rings. The van der Waals surface area contributed by atoms with Crippen LogP contribution in [0.3, 0.4) is 0 Å². The SMILES string of the molecule is CSc1cccc(C(=O)Nc2ccc3nc(N4CCN(C)CC4)sc3c2)c1. The lowest BCUT2D eigenvalue weighted by molar-refractivity contribution is 0.102. The second-order valence-corrected chi connectivity index (χ2v) is 8.54. The average Bonchev–Trinajstić information content (AvgIpc) is 3.12. The Morgan fingerprint density at radius 3 is 2.74 bits per heavy atom. The summed E-state index contributed by atoms with van der Waals surface area (Å²) in [6, 6.07) is 13.6. The molecule has 5 nitrogen and oxygen atoms in total. The first-order chi connectivity index (χ1) is 13.1. The Labute approximate surface area is 167 Å². The minimum atomic E-state index is -0.0888. The molecule has 0 saturated carbocycles. The van der Waals surface area contributed by atoms with Crippen molar-refractivity contribution in [3.8, 4) is 0 Å². The van der Waals surface area contributed by atoms with Crippen LogP contribution in [0.4, 0.5) is 10.8 Å². The van der Waals surface area contributed by atoms with Crippen molar-refractivity contribution < 1.29 is 4.79 Å². The van der Waals surface area contributed by atoms with Crippen LogP contribution in [0.5, 0.6) is 0 Å². The second kappa shape index (κ2) is 7.88. The fourth-order valence-corrected chi connectivity index (χ4v) is 4.61. The molecular weight excluding hydrogens is 376 g/mol. The number of anilines is 2. The van der Waals surface area contributed by atoms with E-state index in [1.54, 1.807) is 23.1 Å². The van der Waals surface area contributed by atoms with Gasteiger partial charge < -0.3 is 15.1 Å². The van der Waals surface area contributed by atoms with Gasteiger partial charge in [-0.25, -0.2) is 4.98 Å². The number of hydrogen-bond donors (Lipinski definition) is 1. The molecule has 2 aromatic carbocycles. The fourth-order valence-electron chi connectivity index (χ4n) is 3.09. The zero-order valence-electron chi connectivity index (χ0n) is 15.4. The minimum absolute atomic E-state index is 0.0888. The van der Waals surface area contributed by atoms with Crippen LogP contribution in [0, 0.1) is 0 Å². The number of thiazole rings is 1. The number of nitrogens with zero attached hydrogens (tertiary/aromatic N) is 3. The summed E-state index contributed by atoms with van der Waals surface area (Å²) < 4.78 is 1.10. The van der Waals surface area contributed by atoms with E-state index in [0.717, 1.165) is 52.1 Å². The van der Waals surface area contributed by atoms with Crippen molar-refractivity contribution >= 4 is 50.0 Å². The monoisotopic (exact) mass is 398 g/mol. The van der Waals surface area contributed by atoms with Crippen LogP contribution in [-0.4, -0.2) is 55.3 Å². The maximum Gasteiger partial charge on any atom is 0.255 e. The van der Waals surface area contributed by atoms with Gasteiger partial charge in [-0.1, -0.05) is 17.4 Å². The maximum atomic E-state index is 12.6. The highest BCUT2D eigenvalue weighted by Gasteiger charge is 2.18. The summed E-state index contributed by atoms with van der Waals surface area (Å²) in [5, 5.41) is 4.07. The van der Waals surface area contributed by atoms with Gasteiger partial charge in [0.1, 0.15) is 0 Å². The molecule has 27 heavy (non-hydrogen) atoms. The first kappa shape index (κ1) is 18.3. The highest BCUT2D eigenvalue weighted by molar-refractivity contribution is 7.98. The Morgan fingerprint density at radius 1 is 1.15 bits per heavy atom. The molecule has 1 saturated heterocycles. The number of nitrogens with one attached hydrogen (secondary N) is 1. The normalized spacial score (nSPS) is 15.3.